The normalized spacial score (nSPS) is 23.3. The van der Waals surface area contributed by atoms with Crippen molar-refractivity contribution in [2.75, 3.05) is 13.2 Å². The lowest BCUT2D eigenvalue weighted by atomic mass is 10.0. The molecule has 1 saturated heterocycles. The summed E-state index contributed by atoms with van der Waals surface area (Å²) in [7, 11) is 0. The Bertz CT molecular complexity index is 1170. The van der Waals surface area contributed by atoms with E-state index in [1.165, 1.54) is 4.90 Å². The lowest BCUT2D eigenvalue weighted by Crippen LogP contribution is -2.56. The Morgan fingerprint density at radius 2 is 1.84 bits per heavy atom. The summed E-state index contributed by atoms with van der Waals surface area (Å²) >= 11 is 0. The van der Waals surface area contributed by atoms with Gasteiger partial charge >= 0.3 is 12.1 Å². The fourth-order valence-corrected chi connectivity index (χ4v) is 5.48. The number of carbonyl (C=O) groups is 4. The van der Waals surface area contributed by atoms with Gasteiger partial charge in [-0.25, -0.2) is 9.59 Å². The molecule has 2 fully saturated rings. The Hall–Kier alpha value is -3.66. The van der Waals surface area contributed by atoms with Crippen molar-refractivity contribution in [3.8, 4) is 0 Å². The van der Waals surface area contributed by atoms with Crippen LogP contribution in [0.5, 0.6) is 0 Å². The first-order valence-electron chi connectivity index (χ1n) is 15.6. The van der Waals surface area contributed by atoms with Crippen LogP contribution < -0.4 is 10.6 Å². The highest BCUT2D eigenvalue weighted by Gasteiger charge is 2.62. The number of alkyl carbamates (subject to hydrolysis) is 1. The zero-order valence-corrected chi connectivity index (χ0v) is 26.6. The summed E-state index contributed by atoms with van der Waals surface area (Å²) in [6.07, 6.45) is 6.66. The third-order valence-corrected chi connectivity index (χ3v) is 7.85. The van der Waals surface area contributed by atoms with E-state index in [0.29, 0.717) is 25.9 Å². The quantitative estimate of drug-likeness (QED) is 0.156. The van der Waals surface area contributed by atoms with Crippen LogP contribution in [-0.2, 0) is 35.2 Å². The highest BCUT2D eigenvalue weighted by Crippen LogP contribution is 2.45. The van der Waals surface area contributed by atoms with Crippen LogP contribution in [0, 0.1) is 5.92 Å². The van der Waals surface area contributed by atoms with Gasteiger partial charge in [0.25, 0.3) is 0 Å². The first-order chi connectivity index (χ1) is 20.9. The van der Waals surface area contributed by atoms with Gasteiger partial charge in [0.15, 0.2) is 0 Å². The van der Waals surface area contributed by atoms with Crippen molar-refractivity contribution < 1.29 is 33.4 Å². The van der Waals surface area contributed by atoms with Crippen LogP contribution in [0.25, 0.3) is 0 Å². The molecule has 3 rings (SSSR count). The van der Waals surface area contributed by atoms with Crippen LogP contribution in [0.2, 0.25) is 0 Å². The SMILES string of the molecule is C=CCCCCC[C@H](NC(=O)OC(C)(C)C)C(=O)N1C[C@H](OCc2ccccc2)C[C@H]1C(=O)N[C@]1(C(=O)OCC)C[C@H]1C=C. The summed E-state index contributed by atoms with van der Waals surface area (Å²) in [5, 5.41) is 5.65. The number of rotatable bonds is 16. The highest BCUT2D eigenvalue weighted by atomic mass is 16.6. The second-order valence-corrected chi connectivity index (χ2v) is 12.5. The number of nitrogens with zero attached hydrogens (tertiary/aromatic N) is 1. The van der Waals surface area contributed by atoms with Gasteiger partial charge in [0.05, 0.1) is 19.3 Å². The van der Waals surface area contributed by atoms with Crippen molar-refractivity contribution in [1.29, 1.82) is 0 Å². The molecule has 1 heterocycles. The molecular formula is C34H49N3O7. The van der Waals surface area contributed by atoms with Gasteiger partial charge in [-0.05, 0) is 58.9 Å². The molecule has 2 N–H and O–H groups in total. The minimum atomic E-state index is -1.20. The number of hydrogen-bond donors (Lipinski definition) is 2. The minimum absolute atomic E-state index is 0.157. The van der Waals surface area contributed by atoms with Gasteiger partial charge < -0.3 is 29.7 Å². The average Bonchev–Trinajstić information content (AvgIpc) is 3.52. The lowest BCUT2D eigenvalue weighted by molar-refractivity contribution is -0.150. The summed E-state index contributed by atoms with van der Waals surface area (Å²) in [5.74, 6) is -1.65. The van der Waals surface area contributed by atoms with E-state index in [0.717, 1.165) is 24.8 Å². The zero-order chi connectivity index (χ0) is 32.3. The molecule has 3 amide bonds. The van der Waals surface area contributed by atoms with Crippen molar-refractivity contribution in [3.05, 3.63) is 61.2 Å². The summed E-state index contributed by atoms with van der Waals surface area (Å²) in [5.41, 5.74) is -0.983. The van der Waals surface area contributed by atoms with Crippen LogP contribution in [0.3, 0.4) is 0 Å². The summed E-state index contributed by atoms with van der Waals surface area (Å²) in [6, 6.07) is 7.83. The van der Waals surface area contributed by atoms with Gasteiger partial charge in [-0.3, -0.25) is 9.59 Å². The van der Waals surface area contributed by atoms with Crippen molar-refractivity contribution in [2.24, 2.45) is 5.92 Å². The minimum Gasteiger partial charge on any atom is -0.464 e. The Labute approximate surface area is 261 Å². The third kappa shape index (κ3) is 9.67. The maximum atomic E-state index is 14.1. The number of hydrogen-bond acceptors (Lipinski definition) is 7. The fourth-order valence-electron chi connectivity index (χ4n) is 5.48. The molecule has 10 nitrogen and oxygen atoms in total. The molecule has 0 bridgehead atoms. The van der Waals surface area contributed by atoms with E-state index in [2.05, 4.69) is 23.8 Å². The van der Waals surface area contributed by atoms with E-state index < -0.39 is 53.2 Å². The summed E-state index contributed by atoms with van der Waals surface area (Å²) in [6.45, 7) is 15.2. The summed E-state index contributed by atoms with van der Waals surface area (Å²) in [4.78, 5) is 55.1. The molecule has 0 spiro atoms. The molecule has 44 heavy (non-hydrogen) atoms. The molecule has 1 aliphatic carbocycles. The van der Waals surface area contributed by atoms with E-state index in [4.69, 9.17) is 14.2 Å². The smallest absolute Gasteiger partial charge is 0.408 e. The van der Waals surface area contributed by atoms with Crippen molar-refractivity contribution in [2.45, 2.75) is 109 Å². The van der Waals surface area contributed by atoms with Crippen LogP contribution in [-0.4, -0.2) is 71.3 Å². The Morgan fingerprint density at radius 1 is 1.11 bits per heavy atom. The van der Waals surface area contributed by atoms with Gasteiger partial charge in [-0.1, -0.05) is 55.3 Å². The van der Waals surface area contributed by atoms with Gasteiger partial charge in [-0.2, -0.15) is 0 Å². The predicted molar refractivity (Wildman–Crippen MR) is 167 cm³/mol. The van der Waals surface area contributed by atoms with Gasteiger partial charge in [0.2, 0.25) is 11.8 Å². The van der Waals surface area contributed by atoms with E-state index in [1.54, 1.807) is 33.8 Å². The number of allylic oxidation sites excluding steroid dienone is 1. The number of unbranched alkanes of at least 4 members (excludes halogenated alkanes) is 3. The monoisotopic (exact) mass is 611 g/mol. The van der Waals surface area contributed by atoms with Crippen molar-refractivity contribution in [3.63, 3.8) is 0 Å². The fraction of sp³-hybridized carbons (Fsp3) is 0.588. The Kier molecular flexibility index (Phi) is 12.6. The van der Waals surface area contributed by atoms with Crippen LogP contribution in [0.1, 0.15) is 78.2 Å². The first kappa shape index (κ1) is 34.8. The molecule has 0 radical (unpaired) electrons. The number of esters is 1. The largest absolute Gasteiger partial charge is 0.464 e. The van der Waals surface area contributed by atoms with Crippen molar-refractivity contribution >= 4 is 23.9 Å². The standard InChI is InChI=1S/C34H49N3O7/c1-7-10-11-12-16-19-27(35-32(41)44-33(4,5)6)30(39)37-22-26(43-23-24-17-14-13-15-18-24)20-28(37)29(38)36-34(21-25(34)8-2)31(40)42-9-3/h7-8,13-15,17-18,25-28H,1-2,9-12,16,19-23H2,3-6H3,(H,35,41)(H,36,38)/t25-,26-,27+,28+,34-/m1/s1. The molecule has 10 heteroatoms. The molecule has 1 aromatic rings. The summed E-state index contributed by atoms with van der Waals surface area (Å²) < 4.78 is 16.9. The van der Waals surface area contributed by atoms with E-state index in [1.807, 2.05) is 36.4 Å². The zero-order valence-electron chi connectivity index (χ0n) is 26.6. The second-order valence-electron chi connectivity index (χ2n) is 12.5. The number of nitrogens with one attached hydrogen (secondary N) is 2. The number of likely N-dealkylation sites (tertiary alicyclic amines) is 1. The molecule has 1 saturated carbocycles. The lowest BCUT2D eigenvalue weighted by Gasteiger charge is -2.30. The van der Waals surface area contributed by atoms with E-state index >= 15 is 0 Å². The number of carbonyl (C=O) groups excluding carboxylic acids is 4. The molecular weight excluding hydrogens is 562 g/mol. The van der Waals surface area contributed by atoms with Gasteiger partial charge in [0.1, 0.15) is 23.2 Å². The average molecular weight is 612 g/mol. The molecule has 2 aliphatic rings. The van der Waals surface area contributed by atoms with Crippen molar-refractivity contribution in [1.82, 2.24) is 15.5 Å². The van der Waals surface area contributed by atoms with Gasteiger partial charge in [-0.15, -0.1) is 13.2 Å². The number of ether oxygens (including phenoxy) is 3. The maximum absolute atomic E-state index is 14.1. The Balaban J connectivity index is 1.83. The number of amides is 3. The molecule has 5 atom stereocenters. The van der Waals surface area contributed by atoms with Crippen LogP contribution >= 0.6 is 0 Å². The third-order valence-electron chi connectivity index (χ3n) is 7.85. The maximum Gasteiger partial charge on any atom is 0.408 e. The van der Waals surface area contributed by atoms with Crippen LogP contribution in [0.4, 0.5) is 4.79 Å². The second kappa shape index (κ2) is 15.9. The molecule has 0 unspecified atom stereocenters. The molecule has 1 aromatic carbocycles. The van der Waals surface area contributed by atoms with Crippen LogP contribution in [0.15, 0.2) is 55.6 Å². The van der Waals surface area contributed by atoms with E-state index in [9.17, 15) is 19.2 Å². The van der Waals surface area contributed by atoms with Gasteiger partial charge in [0, 0.05) is 18.9 Å². The molecule has 0 aromatic heterocycles. The first-order valence-corrected chi connectivity index (χ1v) is 15.6. The Morgan fingerprint density at radius 3 is 2.45 bits per heavy atom. The topological polar surface area (TPSA) is 123 Å². The molecule has 242 valence electrons. The molecule has 1 aliphatic heterocycles. The predicted octanol–water partition coefficient (Wildman–Crippen LogP) is 4.83. The highest BCUT2D eigenvalue weighted by molar-refractivity contribution is 5.96. The van der Waals surface area contributed by atoms with E-state index in [-0.39, 0.29) is 25.5 Å². The number of benzene rings is 1.